The Hall–Kier alpha value is -1.63. The topological polar surface area (TPSA) is 90.7 Å². The van der Waals surface area contributed by atoms with Crippen LogP contribution in [0.5, 0.6) is 0 Å². The number of hydrogen-bond donors (Lipinski definition) is 2. The Morgan fingerprint density at radius 3 is 2.33 bits per heavy atom. The van der Waals surface area contributed by atoms with Crippen molar-refractivity contribution in [2.45, 2.75) is 6.92 Å². The zero-order valence-corrected chi connectivity index (χ0v) is 9.22. The molecule has 1 aromatic heterocycles. The zero-order valence-electron chi connectivity index (χ0n) is 7.64. The molecular formula is C8H7BrN2O4. The van der Waals surface area contributed by atoms with Gasteiger partial charge in [-0.3, -0.25) is 0 Å². The van der Waals surface area contributed by atoms with Crippen LogP contribution in [0.1, 0.15) is 5.56 Å². The average molecular weight is 275 g/mol. The molecule has 0 bridgehead atoms. The normalized spacial score (nSPS) is 9.73. The number of carbonyl (C=O) groups is 2. The maximum Gasteiger partial charge on any atom is 0.422 e. The van der Waals surface area contributed by atoms with E-state index in [1.54, 1.807) is 13.0 Å². The van der Waals surface area contributed by atoms with Crippen LogP contribution in [0.2, 0.25) is 0 Å². The molecule has 0 aliphatic heterocycles. The van der Waals surface area contributed by atoms with Gasteiger partial charge >= 0.3 is 12.2 Å². The summed E-state index contributed by atoms with van der Waals surface area (Å²) in [6.45, 7) is 1.58. The minimum Gasteiger partial charge on any atom is -0.464 e. The molecule has 2 N–H and O–H groups in total. The lowest BCUT2D eigenvalue weighted by Gasteiger charge is -2.14. The highest BCUT2D eigenvalue weighted by atomic mass is 79.9. The molecule has 0 saturated heterocycles. The molecule has 7 heteroatoms. The van der Waals surface area contributed by atoms with Crippen molar-refractivity contribution < 1.29 is 19.8 Å². The second-order valence-corrected chi connectivity index (χ2v) is 3.61. The van der Waals surface area contributed by atoms with Crippen LogP contribution in [0.4, 0.5) is 15.4 Å². The van der Waals surface area contributed by atoms with E-state index in [1.165, 1.54) is 6.20 Å². The van der Waals surface area contributed by atoms with Gasteiger partial charge in [-0.1, -0.05) is 0 Å². The maximum atomic E-state index is 10.7. The lowest BCUT2D eigenvalue weighted by atomic mass is 10.3. The van der Waals surface area contributed by atoms with Gasteiger partial charge in [-0.25, -0.2) is 14.6 Å². The molecular weight excluding hydrogens is 268 g/mol. The minimum atomic E-state index is -1.58. The van der Waals surface area contributed by atoms with Gasteiger partial charge in [0, 0.05) is 10.7 Å². The van der Waals surface area contributed by atoms with Crippen LogP contribution in [-0.4, -0.2) is 27.4 Å². The van der Waals surface area contributed by atoms with Crippen LogP contribution in [0.15, 0.2) is 16.7 Å². The Labute approximate surface area is 93.3 Å². The first-order valence-electron chi connectivity index (χ1n) is 3.81. The molecule has 1 heterocycles. The Kier molecular flexibility index (Phi) is 3.25. The van der Waals surface area contributed by atoms with E-state index < -0.39 is 12.2 Å². The fourth-order valence-corrected chi connectivity index (χ4v) is 1.48. The van der Waals surface area contributed by atoms with E-state index in [9.17, 15) is 9.59 Å². The molecule has 2 amide bonds. The number of pyridine rings is 1. The molecule has 0 aliphatic rings. The lowest BCUT2D eigenvalue weighted by molar-refractivity contribution is 0.184. The fourth-order valence-electron chi connectivity index (χ4n) is 1.03. The van der Waals surface area contributed by atoms with Gasteiger partial charge in [0.15, 0.2) is 5.82 Å². The summed E-state index contributed by atoms with van der Waals surface area (Å²) in [6.07, 6.45) is -1.83. The SMILES string of the molecule is Cc1cc(Br)cnc1N(C(=O)O)C(=O)O. The molecule has 6 nitrogen and oxygen atoms in total. The van der Waals surface area contributed by atoms with E-state index in [0.29, 0.717) is 10.0 Å². The summed E-state index contributed by atoms with van der Waals surface area (Å²) in [5.41, 5.74) is 0.453. The number of hydrogen-bond acceptors (Lipinski definition) is 3. The third-order valence-corrected chi connectivity index (χ3v) is 2.05. The van der Waals surface area contributed by atoms with Crippen LogP contribution >= 0.6 is 15.9 Å². The molecule has 1 aromatic rings. The highest BCUT2D eigenvalue weighted by Gasteiger charge is 2.24. The molecule has 0 aromatic carbocycles. The summed E-state index contributed by atoms with van der Waals surface area (Å²) in [5.74, 6) is -0.113. The molecule has 80 valence electrons. The van der Waals surface area contributed by atoms with Gasteiger partial charge in [-0.05, 0) is 34.5 Å². The summed E-state index contributed by atoms with van der Waals surface area (Å²) < 4.78 is 0.652. The van der Waals surface area contributed by atoms with E-state index in [1.807, 2.05) is 0 Å². The predicted molar refractivity (Wildman–Crippen MR) is 55.2 cm³/mol. The van der Waals surface area contributed by atoms with E-state index in [0.717, 1.165) is 0 Å². The Bertz CT molecular complexity index is 407. The summed E-state index contributed by atoms with van der Waals surface area (Å²) in [5, 5.41) is 17.4. The largest absolute Gasteiger partial charge is 0.464 e. The Morgan fingerprint density at radius 2 is 1.93 bits per heavy atom. The minimum absolute atomic E-state index is 0.113. The molecule has 0 atom stereocenters. The van der Waals surface area contributed by atoms with E-state index >= 15 is 0 Å². The average Bonchev–Trinajstić information content (AvgIpc) is 2.08. The number of anilines is 1. The smallest absolute Gasteiger partial charge is 0.422 e. The third-order valence-electron chi connectivity index (χ3n) is 1.61. The van der Waals surface area contributed by atoms with Gasteiger partial charge in [0.1, 0.15) is 0 Å². The molecule has 15 heavy (non-hydrogen) atoms. The van der Waals surface area contributed by atoms with E-state index in [2.05, 4.69) is 20.9 Å². The summed E-state index contributed by atoms with van der Waals surface area (Å²) in [4.78, 5) is 25.3. The van der Waals surface area contributed by atoms with E-state index in [4.69, 9.17) is 10.2 Å². The molecule has 1 rings (SSSR count). The highest BCUT2D eigenvalue weighted by molar-refractivity contribution is 9.10. The van der Waals surface area contributed by atoms with E-state index in [-0.39, 0.29) is 10.7 Å². The number of amides is 2. The fraction of sp³-hybridized carbons (Fsp3) is 0.125. The van der Waals surface area contributed by atoms with Crippen molar-refractivity contribution in [3.05, 3.63) is 22.3 Å². The number of carboxylic acid groups (broad SMARTS) is 2. The Morgan fingerprint density at radius 1 is 1.40 bits per heavy atom. The molecule has 0 saturated carbocycles. The number of halogens is 1. The summed E-state index contributed by atoms with van der Waals surface area (Å²) in [7, 11) is 0. The van der Waals surface area contributed by atoms with Crippen molar-refractivity contribution in [2.24, 2.45) is 0 Å². The standard InChI is InChI=1S/C8H7BrN2O4/c1-4-2-5(9)3-10-6(4)11(7(12)13)8(14)15/h2-3H,1H3,(H,12,13)(H,14,15). The number of rotatable bonds is 1. The number of imide groups is 1. The van der Waals surface area contributed by atoms with Crippen LogP contribution in [0.25, 0.3) is 0 Å². The number of nitrogens with zero attached hydrogens (tertiary/aromatic N) is 2. The van der Waals surface area contributed by atoms with Gasteiger partial charge in [0.05, 0.1) is 0 Å². The van der Waals surface area contributed by atoms with Gasteiger partial charge < -0.3 is 10.2 Å². The quantitative estimate of drug-likeness (QED) is 0.820. The molecule has 0 aliphatic carbocycles. The first kappa shape index (κ1) is 11.4. The van der Waals surface area contributed by atoms with Crippen molar-refractivity contribution in [3.63, 3.8) is 0 Å². The summed E-state index contributed by atoms with van der Waals surface area (Å²) >= 11 is 3.14. The third kappa shape index (κ3) is 2.44. The van der Waals surface area contributed by atoms with Crippen molar-refractivity contribution in [1.29, 1.82) is 0 Å². The molecule has 0 fully saturated rings. The van der Waals surface area contributed by atoms with Crippen molar-refractivity contribution >= 4 is 33.9 Å². The first-order valence-corrected chi connectivity index (χ1v) is 4.61. The first-order chi connectivity index (χ1) is 6.93. The van der Waals surface area contributed by atoms with Crippen molar-refractivity contribution in [2.75, 3.05) is 4.90 Å². The van der Waals surface area contributed by atoms with Crippen molar-refractivity contribution in [1.82, 2.24) is 4.98 Å². The second-order valence-electron chi connectivity index (χ2n) is 2.69. The molecule has 0 unspecified atom stereocenters. The maximum absolute atomic E-state index is 10.7. The molecule has 0 spiro atoms. The summed E-state index contributed by atoms with van der Waals surface area (Å²) in [6, 6.07) is 1.58. The van der Waals surface area contributed by atoms with Gasteiger partial charge in [-0.15, -0.1) is 0 Å². The van der Waals surface area contributed by atoms with Gasteiger partial charge in [0.2, 0.25) is 0 Å². The lowest BCUT2D eigenvalue weighted by Crippen LogP contribution is -2.35. The molecule has 0 radical (unpaired) electrons. The number of aromatic nitrogens is 1. The predicted octanol–water partition coefficient (Wildman–Crippen LogP) is 2.31. The van der Waals surface area contributed by atoms with Gasteiger partial charge in [-0.2, -0.15) is 4.90 Å². The second kappa shape index (κ2) is 4.26. The van der Waals surface area contributed by atoms with Crippen LogP contribution in [0, 0.1) is 6.92 Å². The highest BCUT2D eigenvalue weighted by Crippen LogP contribution is 2.20. The zero-order chi connectivity index (χ0) is 11.6. The van der Waals surface area contributed by atoms with Crippen LogP contribution in [0.3, 0.4) is 0 Å². The Balaban J connectivity index is 3.23. The monoisotopic (exact) mass is 274 g/mol. The van der Waals surface area contributed by atoms with Crippen LogP contribution in [-0.2, 0) is 0 Å². The van der Waals surface area contributed by atoms with Crippen LogP contribution < -0.4 is 4.90 Å². The number of aryl methyl sites for hydroxylation is 1. The van der Waals surface area contributed by atoms with Crippen molar-refractivity contribution in [3.8, 4) is 0 Å². The van der Waals surface area contributed by atoms with Gasteiger partial charge in [0.25, 0.3) is 0 Å².